The first-order valence-electron chi connectivity index (χ1n) is 13.8. The van der Waals surface area contributed by atoms with Gasteiger partial charge in [0.1, 0.15) is 17.1 Å². The Morgan fingerprint density at radius 3 is 1.50 bits per heavy atom. The van der Waals surface area contributed by atoms with Crippen molar-refractivity contribution in [3.05, 3.63) is 118 Å². The van der Waals surface area contributed by atoms with Crippen molar-refractivity contribution < 1.29 is 44.4 Å². The van der Waals surface area contributed by atoms with Crippen molar-refractivity contribution in [1.82, 2.24) is 14.1 Å². The minimum absolute atomic E-state index is 0. The van der Waals surface area contributed by atoms with Crippen molar-refractivity contribution in [2.45, 2.75) is 32.5 Å². The molecule has 3 aromatic carbocycles. The zero-order valence-electron chi connectivity index (χ0n) is 26.0. The number of alkyl halides is 9. The molecule has 0 saturated heterocycles. The first kappa shape index (κ1) is 45.5. The number of aromatic amines is 1. The van der Waals surface area contributed by atoms with Gasteiger partial charge in [0.2, 0.25) is 0 Å². The zero-order valence-corrected chi connectivity index (χ0v) is 33.9. The molecule has 0 radical (unpaired) electrons. The number of nitrogens with zero attached hydrogens (tertiary/aromatic N) is 4. The first-order valence-corrected chi connectivity index (χ1v) is 27.4. The molecule has 0 atom stereocenters. The molecular weight excluding hydrogens is 1080 g/mol. The summed E-state index contributed by atoms with van der Waals surface area (Å²) in [4.78, 5) is 8.31. The molecule has 6 nitrogen and oxygen atoms in total. The maximum absolute atomic E-state index is 12.6. The fourth-order valence-corrected chi connectivity index (χ4v) is 4.82. The average Bonchev–Trinajstić information content (AvgIpc) is 3.73. The summed E-state index contributed by atoms with van der Waals surface area (Å²) in [7, 11) is 2.77. The summed E-state index contributed by atoms with van der Waals surface area (Å²) in [5.41, 5.74) is 6.21. The van der Waals surface area contributed by atoms with Crippen molar-refractivity contribution in [1.29, 1.82) is 0 Å². The fraction of sp³-hybridized carbons (Fsp3) is 0.212. The van der Waals surface area contributed by atoms with Gasteiger partial charge in [-0.05, 0) is 70.9 Å². The standard InChI is InChI=1S/C11H7F3N2.C11H11F3N2.C10H5F3N2.CH4.3HI.V/c1-15-8-3-4-9-7(5-8)6-10(16(9)2)11(12,13)14;1-16-9-3-2-7(6-15)4-8(9)5-10(16)11(12,13)14;1-14-7-2-3-8-6(4-7)5-9(15-8)10(11,12)13;;;;;/h3-6H,2H3;2-5H,6,15H2,1H3;2-5,15H;1H4;3*1H;/q;;;;;;;+3/p-3. The van der Waals surface area contributed by atoms with Gasteiger partial charge in [-0.3, -0.25) is 0 Å². The van der Waals surface area contributed by atoms with Crippen LogP contribution in [0.1, 0.15) is 30.1 Å². The van der Waals surface area contributed by atoms with Crippen LogP contribution < -0.4 is 5.73 Å². The second-order valence-electron chi connectivity index (χ2n) is 10.4. The molecule has 0 amide bonds. The molecule has 0 spiro atoms. The van der Waals surface area contributed by atoms with E-state index in [0.29, 0.717) is 50.6 Å². The third kappa shape index (κ3) is 11.9. The second kappa shape index (κ2) is 18.6. The van der Waals surface area contributed by atoms with Crippen molar-refractivity contribution in [2.75, 3.05) is 0 Å². The Bertz CT molecular complexity index is 2220. The molecule has 0 bridgehead atoms. The number of benzene rings is 3. The number of nitrogens with one attached hydrogen (secondary N) is 1. The summed E-state index contributed by atoms with van der Waals surface area (Å²) < 4.78 is 115. The van der Waals surface area contributed by atoms with Crippen molar-refractivity contribution in [3.8, 4) is 0 Å². The average molecular weight is 1110 g/mol. The number of hydrogen-bond acceptors (Lipinski definition) is 1. The molecule has 0 fully saturated rings. The Morgan fingerprint density at radius 2 is 1.08 bits per heavy atom. The number of rotatable bonds is 1. The van der Waals surface area contributed by atoms with Crippen LogP contribution in [0.4, 0.5) is 50.9 Å². The van der Waals surface area contributed by atoms with Crippen molar-refractivity contribution in [3.63, 3.8) is 0 Å². The normalized spacial score (nSPS) is 11.4. The Balaban J connectivity index is 0.000000254. The molecule has 278 valence electrons. The van der Waals surface area contributed by atoms with Crippen LogP contribution in [0.2, 0.25) is 0 Å². The predicted octanol–water partition coefficient (Wildman–Crippen LogP) is 13.4. The molecule has 3 heterocycles. The van der Waals surface area contributed by atoms with Crippen LogP contribution in [0, 0.1) is 13.1 Å². The van der Waals surface area contributed by atoms with Gasteiger partial charge in [-0.1, -0.05) is 25.6 Å². The summed E-state index contributed by atoms with van der Waals surface area (Å²) in [5.74, 6) is 0. The molecule has 0 aliphatic rings. The topological polar surface area (TPSA) is 60.4 Å². The van der Waals surface area contributed by atoms with E-state index >= 15 is 0 Å². The Hall–Kier alpha value is -2.64. The van der Waals surface area contributed by atoms with Crippen LogP contribution in [-0.4, -0.2) is 14.1 Å². The van der Waals surface area contributed by atoms with Gasteiger partial charge in [-0.2, -0.15) is 39.5 Å². The molecule has 0 aliphatic heterocycles. The first-order chi connectivity index (χ1) is 23.6. The van der Waals surface area contributed by atoms with Crippen LogP contribution in [0.15, 0.2) is 72.8 Å². The van der Waals surface area contributed by atoms with Crippen molar-refractivity contribution >= 4 is 104 Å². The zero-order chi connectivity index (χ0) is 38.5. The number of H-pyrrole nitrogens is 1. The summed E-state index contributed by atoms with van der Waals surface area (Å²) in [5, 5.41) is 1.40. The van der Waals surface area contributed by atoms with Gasteiger partial charge in [-0.15, -0.1) is 0 Å². The molecule has 3 N–H and O–H groups in total. The summed E-state index contributed by atoms with van der Waals surface area (Å²) >= 11 is 7.39. The van der Waals surface area contributed by atoms with Gasteiger partial charge in [-0.25, -0.2) is 9.69 Å². The molecule has 6 aromatic rings. The SMILES string of the molecule is C.Cn1c(C(F)(F)F)cc2cc(CN)ccc21.[C-]#[N+]c1ccc2[nH]c(C(F)(F)F)cc2c1.[C-]#[N+]c1ccc2c(c1)cc(C(F)(F)F)n2C.[I][V]([I])[I]. The molecule has 3 aromatic heterocycles. The van der Waals surface area contributed by atoms with E-state index in [1.54, 1.807) is 18.2 Å². The van der Waals surface area contributed by atoms with Gasteiger partial charge in [0, 0.05) is 42.6 Å². The van der Waals surface area contributed by atoms with Crippen LogP contribution in [0.5, 0.6) is 0 Å². The quantitative estimate of drug-likeness (QED) is 0.0962. The molecule has 0 unspecified atom stereocenters. The third-order valence-corrected chi connectivity index (χ3v) is 7.12. The molecule has 19 heteroatoms. The predicted molar refractivity (Wildman–Crippen MR) is 208 cm³/mol. The summed E-state index contributed by atoms with van der Waals surface area (Å²) in [6, 6.07) is 17.2. The van der Waals surface area contributed by atoms with E-state index in [-0.39, 0.29) is 12.3 Å². The number of aromatic nitrogens is 3. The van der Waals surface area contributed by atoms with E-state index < -0.39 is 35.6 Å². The molecule has 0 aliphatic carbocycles. The summed E-state index contributed by atoms with van der Waals surface area (Å²) in [6.45, 7) is 13.9. The van der Waals surface area contributed by atoms with Gasteiger partial charge in [0.25, 0.3) is 0 Å². The summed E-state index contributed by atoms with van der Waals surface area (Å²) in [6.07, 6.45) is -13.1. The number of aryl methyl sites for hydroxylation is 2. The van der Waals surface area contributed by atoms with E-state index in [4.69, 9.17) is 18.9 Å². The molecule has 6 rings (SSSR count). The van der Waals surface area contributed by atoms with Crippen molar-refractivity contribution in [2.24, 2.45) is 19.8 Å². The maximum atomic E-state index is 12.6. The third-order valence-electron chi connectivity index (χ3n) is 7.12. The fourth-order valence-electron chi connectivity index (χ4n) is 4.82. The number of nitrogens with two attached hydrogens (primary N) is 1. The van der Waals surface area contributed by atoms with Gasteiger partial charge in [0.15, 0.2) is 11.4 Å². The van der Waals surface area contributed by atoms with Gasteiger partial charge in [0.05, 0.1) is 13.1 Å². The van der Waals surface area contributed by atoms with Crippen LogP contribution >= 0.6 is 59.9 Å². The minimum atomic E-state index is -4.38. The Kier molecular flexibility index (Phi) is 16.3. The number of hydrogen-bond donors (Lipinski definition) is 2. The van der Waals surface area contributed by atoms with Crippen LogP contribution in [0.3, 0.4) is 0 Å². The van der Waals surface area contributed by atoms with E-state index in [1.165, 1.54) is 50.5 Å². The van der Waals surface area contributed by atoms with E-state index in [1.807, 2.05) is 0 Å². The molecule has 52 heavy (non-hydrogen) atoms. The Labute approximate surface area is 330 Å². The van der Waals surface area contributed by atoms with Gasteiger partial charge >= 0.3 is 83.4 Å². The number of fused-ring (bicyclic) bond motifs is 3. The number of halogens is 12. The second-order valence-corrected chi connectivity index (χ2v) is 45.8. The van der Waals surface area contributed by atoms with E-state index in [9.17, 15) is 39.5 Å². The molecular formula is C33H27F9I3N6V. The van der Waals surface area contributed by atoms with Gasteiger partial charge < -0.3 is 19.9 Å². The monoisotopic (exact) mass is 1110 g/mol. The van der Waals surface area contributed by atoms with E-state index in [2.05, 4.69) is 74.6 Å². The van der Waals surface area contributed by atoms with Crippen LogP contribution in [-0.2, 0) is 44.1 Å². The van der Waals surface area contributed by atoms with E-state index in [0.717, 1.165) is 32.9 Å². The molecule has 0 saturated carbocycles. The van der Waals surface area contributed by atoms with Crippen LogP contribution in [0.25, 0.3) is 42.4 Å². The Morgan fingerprint density at radius 1 is 0.654 bits per heavy atom.